The van der Waals surface area contributed by atoms with Crippen molar-refractivity contribution >= 4 is 29.3 Å². The van der Waals surface area contributed by atoms with Crippen molar-refractivity contribution in [2.24, 2.45) is 56.7 Å². The zero-order valence-corrected chi connectivity index (χ0v) is 32.0. The lowest BCUT2D eigenvalue weighted by Gasteiger charge is -2.68. The molecule has 1 aromatic rings. The molecule has 0 bridgehead atoms. The molecule has 4 saturated carbocycles. The fraction of sp³-hybridized carbons (Fsp3) is 0.738. The van der Waals surface area contributed by atoms with E-state index in [0.29, 0.717) is 35.9 Å². The van der Waals surface area contributed by atoms with Gasteiger partial charge in [0.2, 0.25) is 0 Å². The number of halogens is 1. The smallest absolute Gasteiger partial charge is 0.309 e. The predicted octanol–water partition coefficient (Wildman–Crippen LogP) is 9.43. The zero-order chi connectivity index (χ0) is 35.7. The number of hydrogen-bond acceptors (Lipinski definition) is 5. The van der Waals surface area contributed by atoms with Gasteiger partial charge in [-0.2, -0.15) is 0 Å². The molecule has 7 heteroatoms. The largest absolute Gasteiger partial charge is 0.481 e. The van der Waals surface area contributed by atoms with Gasteiger partial charge in [-0.05, 0) is 129 Å². The summed E-state index contributed by atoms with van der Waals surface area (Å²) in [6.45, 7) is 19.0. The third-order valence-electron chi connectivity index (χ3n) is 14.8. The maximum Gasteiger partial charge on any atom is 0.309 e. The molecule has 0 aromatic heterocycles. The summed E-state index contributed by atoms with van der Waals surface area (Å²) in [5, 5.41) is 14.1. The third-order valence-corrected chi connectivity index (χ3v) is 15.1. The Morgan fingerprint density at radius 3 is 2.29 bits per heavy atom. The highest BCUT2D eigenvalue weighted by Gasteiger charge is 2.66. The quantitative estimate of drug-likeness (QED) is 0.250. The number of carbonyl (C=O) groups excluding carboxylic acids is 2. The van der Waals surface area contributed by atoms with Crippen LogP contribution in [0.1, 0.15) is 125 Å². The Bertz CT molecular complexity index is 1510. The molecule has 1 aromatic carbocycles. The van der Waals surface area contributed by atoms with Gasteiger partial charge in [0, 0.05) is 35.4 Å². The Morgan fingerprint density at radius 1 is 0.959 bits per heavy atom. The van der Waals surface area contributed by atoms with Crippen molar-refractivity contribution in [3.8, 4) is 0 Å². The molecule has 5 aliphatic carbocycles. The Hall–Kier alpha value is -2.18. The van der Waals surface area contributed by atoms with Gasteiger partial charge in [0.05, 0.1) is 11.8 Å². The van der Waals surface area contributed by atoms with Crippen molar-refractivity contribution in [2.75, 3.05) is 6.54 Å². The minimum atomic E-state index is -1.14. The normalized spacial score (nSPS) is 36.9. The molecule has 49 heavy (non-hydrogen) atoms. The molecule has 6 nitrogen and oxygen atoms in total. The van der Waals surface area contributed by atoms with Gasteiger partial charge in [-0.15, -0.1) is 0 Å². The van der Waals surface area contributed by atoms with Crippen LogP contribution >= 0.6 is 11.6 Å². The number of rotatable bonds is 9. The van der Waals surface area contributed by atoms with Crippen LogP contribution in [0.5, 0.6) is 0 Å². The summed E-state index contributed by atoms with van der Waals surface area (Å²) in [6.07, 6.45) is 9.00. The zero-order valence-electron chi connectivity index (χ0n) is 31.2. The summed E-state index contributed by atoms with van der Waals surface area (Å²) in [5.74, 6) is 1.27. The fourth-order valence-electron chi connectivity index (χ4n) is 12.5. The van der Waals surface area contributed by atoms with Crippen LogP contribution < -0.4 is 5.32 Å². The number of nitrogens with one attached hydrogen (secondary N) is 1. The number of esters is 1. The van der Waals surface area contributed by atoms with Crippen molar-refractivity contribution in [1.29, 1.82) is 0 Å². The van der Waals surface area contributed by atoms with Gasteiger partial charge in [-0.25, -0.2) is 0 Å². The first-order chi connectivity index (χ1) is 22.9. The highest BCUT2D eigenvalue weighted by molar-refractivity contribution is 6.30. The first-order valence-electron chi connectivity index (χ1n) is 19.0. The van der Waals surface area contributed by atoms with Gasteiger partial charge in [0.25, 0.3) is 0 Å². The fourth-order valence-corrected chi connectivity index (χ4v) is 12.6. The lowest BCUT2D eigenvalue weighted by atomic mass is 9.36. The number of carboxylic acid groups (broad SMARTS) is 1. The van der Waals surface area contributed by atoms with Crippen LogP contribution in [0.3, 0.4) is 0 Å². The molecule has 0 spiro atoms. The molecule has 4 fully saturated rings. The van der Waals surface area contributed by atoms with Crippen molar-refractivity contribution in [1.82, 2.24) is 5.32 Å². The van der Waals surface area contributed by atoms with Crippen molar-refractivity contribution in [3.05, 3.63) is 46.0 Å². The van der Waals surface area contributed by atoms with Crippen molar-refractivity contribution in [3.63, 3.8) is 0 Å². The summed E-state index contributed by atoms with van der Waals surface area (Å²) in [7, 11) is 0. The number of benzene rings is 1. The average Bonchev–Trinajstić information content (AvgIpc) is 3.31. The Labute approximate surface area is 299 Å². The van der Waals surface area contributed by atoms with Crippen LogP contribution in [-0.2, 0) is 25.7 Å². The molecule has 0 amide bonds. The van der Waals surface area contributed by atoms with Crippen LogP contribution in [0.2, 0.25) is 5.02 Å². The number of carboxylic acids is 1. The molecule has 8 unspecified atom stereocenters. The lowest BCUT2D eigenvalue weighted by molar-refractivity contribution is -0.213. The second-order valence-corrected chi connectivity index (χ2v) is 19.2. The van der Waals surface area contributed by atoms with E-state index in [1.165, 1.54) is 24.0 Å². The topological polar surface area (TPSA) is 92.7 Å². The standard InChI is InChI=1S/C42H60ClNO5/c1-25(2)35-30(45)21-42(24-44-23-26-9-11-27(43)12-10-26)20-15-29-28(36(35)42)13-14-32-40(29,7)18-16-31-39(5,6)33(17-19-41(31,32)8)49-34(46)22-38(3,4)37(47)48/h9-12,25,28-29,31-33,44H,13-24H2,1-8H3,(H,47,48). The van der Waals surface area contributed by atoms with E-state index in [1.807, 2.05) is 12.1 Å². The number of carbonyl (C=O) groups is 3. The molecule has 0 radical (unpaired) electrons. The summed E-state index contributed by atoms with van der Waals surface area (Å²) in [4.78, 5) is 38.6. The maximum atomic E-state index is 13.9. The molecule has 0 heterocycles. The van der Waals surface area contributed by atoms with Crippen molar-refractivity contribution < 1.29 is 24.2 Å². The average molecular weight is 694 g/mol. The highest BCUT2D eigenvalue weighted by Crippen LogP contribution is 2.73. The molecular formula is C42H60ClNO5. The summed E-state index contributed by atoms with van der Waals surface area (Å²) >= 11 is 6.14. The second-order valence-electron chi connectivity index (χ2n) is 18.8. The molecular weight excluding hydrogens is 634 g/mol. The number of hydrogen-bond donors (Lipinski definition) is 2. The first kappa shape index (κ1) is 36.6. The number of Topliss-reactive ketones (excluding diaryl/α,β-unsaturated/α-hetero) is 1. The third kappa shape index (κ3) is 6.13. The van der Waals surface area contributed by atoms with Gasteiger partial charge in [-0.1, -0.05) is 70.8 Å². The maximum absolute atomic E-state index is 13.9. The Kier molecular flexibility index (Phi) is 9.56. The summed E-state index contributed by atoms with van der Waals surface area (Å²) in [6, 6.07) is 8.05. The molecule has 270 valence electrons. The predicted molar refractivity (Wildman–Crippen MR) is 194 cm³/mol. The van der Waals surface area contributed by atoms with E-state index in [-0.39, 0.29) is 40.1 Å². The van der Waals surface area contributed by atoms with E-state index in [0.717, 1.165) is 62.2 Å². The summed E-state index contributed by atoms with van der Waals surface area (Å²) in [5.41, 5.74) is 2.77. The number of aliphatic carboxylic acids is 1. The molecule has 0 saturated heterocycles. The van der Waals surface area contributed by atoms with E-state index >= 15 is 0 Å². The second kappa shape index (κ2) is 12.8. The SMILES string of the molecule is CC(C)C1=C2C3CCC4C(C)(CCC5C(C)(C)C(OC(=O)CC(C)(C)C(=O)O)CCC54C)C3CCC2(CNCc2ccc(Cl)cc2)CC1=O. The molecule has 2 N–H and O–H groups in total. The monoisotopic (exact) mass is 693 g/mol. The van der Waals surface area contributed by atoms with E-state index in [9.17, 15) is 19.5 Å². The minimum absolute atomic E-state index is 0.0896. The number of ether oxygens (including phenoxy) is 1. The summed E-state index contributed by atoms with van der Waals surface area (Å²) < 4.78 is 6.15. The molecule has 5 aliphatic rings. The number of ketones is 1. The van der Waals surface area contributed by atoms with Gasteiger partial charge < -0.3 is 15.2 Å². The van der Waals surface area contributed by atoms with E-state index in [1.54, 1.807) is 13.8 Å². The minimum Gasteiger partial charge on any atom is -0.481 e. The first-order valence-corrected chi connectivity index (χ1v) is 19.4. The van der Waals surface area contributed by atoms with Crippen LogP contribution in [-0.4, -0.2) is 35.5 Å². The molecule has 6 rings (SSSR count). The van der Waals surface area contributed by atoms with Crippen molar-refractivity contribution in [2.45, 2.75) is 132 Å². The van der Waals surface area contributed by atoms with Crippen LogP contribution in [0.4, 0.5) is 0 Å². The molecule has 0 aliphatic heterocycles. The van der Waals surface area contributed by atoms with E-state index in [2.05, 4.69) is 59.0 Å². The highest BCUT2D eigenvalue weighted by atomic mass is 35.5. The van der Waals surface area contributed by atoms with Gasteiger partial charge in [-0.3, -0.25) is 14.4 Å². The molecule has 8 atom stereocenters. The lowest BCUT2D eigenvalue weighted by Crippen LogP contribution is -2.63. The van der Waals surface area contributed by atoms with Crippen LogP contribution in [0, 0.1) is 56.7 Å². The van der Waals surface area contributed by atoms with Crippen LogP contribution in [0.15, 0.2) is 35.4 Å². The number of fused-ring (bicyclic) bond motifs is 7. The van der Waals surface area contributed by atoms with Gasteiger partial charge in [0.1, 0.15) is 6.10 Å². The van der Waals surface area contributed by atoms with Gasteiger partial charge in [0.15, 0.2) is 5.78 Å². The van der Waals surface area contributed by atoms with E-state index in [4.69, 9.17) is 16.3 Å². The number of allylic oxidation sites excluding steroid dienone is 1. The van der Waals surface area contributed by atoms with Crippen LogP contribution in [0.25, 0.3) is 0 Å². The Morgan fingerprint density at radius 2 is 1.63 bits per heavy atom. The van der Waals surface area contributed by atoms with E-state index < -0.39 is 17.4 Å². The Balaban J connectivity index is 1.23. The van der Waals surface area contributed by atoms with Gasteiger partial charge >= 0.3 is 11.9 Å².